The predicted octanol–water partition coefficient (Wildman–Crippen LogP) is 3.15. The number of likely N-dealkylation sites (tertiary alicyclic amines) is 1. The van der Waals surface area contributed by atoms with Crippen LogP contribution in [0.2, 0.25) is 0 Å². The van der Waals surface area contributed by atoms with Gasteiger partial charge in [-0.2, -0.15) is 5.10 Å². The van der Waals surface area contributed by atoms with Crippen molar-refractivity contribution in [2.24, 2.45) is 0 Å². The van der Waals surface area contributed by atoms with Crippen LogP contribution in [-0.2, 0) is 14.3 Å². The number of methoxy groups -OCH3 is 1. The fraction of sp³-hybridized carbons (Fsp3) is 0.545. The Bertz CT molecular complexity index is 1540. The van der Waals surface area contributed by atoms with E-state index in [-0.39, 0.29) is 25.3 Å². The van der Waals surface area contributed by atoms with Crippen molar-refractivity contribution in [2.75, 3.05) is 20.2 Å². The van der Waals surface area contributed by atoms with E-state index in [2.05, 4.69) is 15.7 Å². The van der Waals surface area contributed by atoms with Crippen LogP contribution in [0.4, 0.5) is 4.79 Å². The molecule has 13 nitrogen and oxygen atoms in total. The number of aromatic nitrogens is 3. The standard InChI is InChI=1S/C33H44N6O7/c1-6-8-24(30(41)27(40)18-34-20-9-10-20)37-31(42)26-16-22(19-38(26)32(43)46-33(2,3)4)45-28-17-29(39-14-7-13-35-39)36-25-15-21(44-5)11-12-23(25)28/h7,11-15,17,20,22,24,26,30,34,41H,6,8-10,16,18-19H2,1-5H3,(H,37,42)/t22-,24+,26+,30+/m1/s1. The van der Waals surface area contributed by atoms with Crippen LogP contribution < -0.4 is 20.1 Å². The maximum Gasteiger partial charge on any atom is 0.411 e. The molecule has 1 saturated carbocycles. The molecule has 3 N–H and O–H groups in total. The van der Waals surface area contributed by atoms with Gasteiger partial charge in [0.2, 0.25) is 5.91 Å². The van der Waals surface area contributed by atoms with E-state index in [4.69, 9.17) is 19.2 Å². The summed E-state index contributed by atoms with van der Waals surface area (Å²) in [5, 5.41) is 21.9. The van der Waals surface area contributed by atoms with Crippen molar-refractivity contribution in [3.8, 4) is 17.3 Å². The fourth-order valence-corrected chi connectivity index (χ4v) is 5.50. The monoisotopic (exact) mass is 636 g/mol. The number of nitrogens with zero attached hydrogens (tertiary/aromatic N) is 4. The van der Waals surface area contributed by atoms with Gasteiger partial charge in [-0.05, 0) is 58.2 Å². The summed E-state index contributed by atoms with van der Waals surface area (Å²) >= 11 is 0. The third-order valence-corrected chi connectivity index (χ3v) is 7.97. The van der Waals surface area contributed by atoms with E-state index >= 15 is 0 Å². The van der Waals surface area contributed by atoms with Crippen LogP contribution in [0.3, 0.4) is 0 Å². The summed E-state index contributed by atoms with van der Waals surface area (Å²) in [5.74, 6) is 0.786. The van der Waals surface area contributed by atoms with Crippen LogP contribution in [0, 0.1) is 0 Å². The summed E-state index contributed by atoms with van der Waals surface area (Å²) in [6.07, 6.45) is 4.02. The molecule has 0 spiro atoms. The second-order valence-electron chi connectivity index (χ2n) is 12.9. The first-order valence-electron chi connectivity index (χ1n) is 15.9. The molecule has 248 valence electrons. The van der Waals surface area contributed by atoms with Crippen LogP contribution in [-0.4, -0.2) is 98.7 Å². The molecule has 5 rings (SSSR count). The Balaban J connectivity index is 1.39. The van der Waals surface area contributed by atoms with Crippen molar-refractivity contribution in [3.63, 3.8) is 0 Å². The van der Waals surface area contributed by atoms with Gasteiger partial charge in [0, 0.05) is 42.4 Å². The highest BCUT2D eigenvalue weighted by atomic mass is 16.6. The molecule has 13 heteroatoms. The van der Waals surface area contributed by atoms with Crippen LogP contribution in [0.15, 0.2) is 42.7 Å². The number of carbonyl (C=O) groups is 3. The van der Waals surface area contributed by atoms with Gasteiger partial charge in [-0.15, -0.1) is 0 Å². The van der Waals surface area contributed by atoms with Gasteiger partial charge in [0.05, 0.1) is 31.8 Å². The Hall–Kier alpha value is -4.23. The predicted molar refractivity (Wildman–Crippen MR) is 170 cm³/mol. The van der Waals surface area contributed by atoms with Gasteiger partial charge in [0.15, 0.2) is 11.6 Å². The molecule has 1 aromatic carbocycles. The summed E-state index contributed by atoms with van der Waals surface area (Å²) in [5.41, 5.74) is -0.172. The number of ketones is 1. The maximum atomic E-state index is 13.8. The minimum atomic E-state index is -1.38. The number of aliphatic hydroxyl groups excluding tert-OH is 1. The molecule has 2 fully saturated rings. The third-order valence-electron chi connectivity index (χ3n) is 7.97. The summed E-state index contributed by atoms with van der Waals surface area (Å²) in [6, 6.07) is 7.56. The molecular formula is C33H44N6O7. The minimum absolute atomic E-state index is 0.0393. The highest BCUT2D eigenvalue weighted by Crippen LogP contribution is 2.33. The number of hydrogen-bond acceptors (Lipinski definition) is 10. The summed E-state index contributed by atoms with van der Waals surface area (Å²) in [7, 11) is 1.58. The van der Waals surface area contributed by atoms with Gasteiger partial charge in [0.25, 0.3) is 0 Å². The van der Waals surface area contributed by atoms with Crippen molar-refractivity contribution in [2.45, 2.75) is 95.7 Å². The molecule has 4 atom stereocenters. The molecule has 0 unspecified atom stereocenters. The Morgan fingerprint density at radius 3 is 2.61 bits per heavy atom. The van der Waals surface area contributed by atoms with E-state index in [1.807, 2.05) is 19.1 Å². The topological polar surface area (TPSA) is 157 Å². The highest BCUT2D eigenvalue weighted by molar-refractivity contribution is 5.90. The molecular weight excluding hydrogens is 592 g/mol. The van der Waals surface area contributed by atoms with Crippen molar-refractivity contribution in [3.05, 3.63) is 42.7 Å². The number of Topliss-reactive ketones (excluding diaryl/α,β-unsaturated/α-hetero) is 1. The maximum absolute atomic E-state index is 13.8. The molecule has 1 aliphatic heterocycles. The lowest BCUT2D eigenvalue weighted by Crippen LogP contribution is -2.54. The molecule has 0 radical (unpaired) electrons. The Morgan fingerprint density at radius 2 is 1.96 bits per heavy atom. The number of fused-ring (bicyclic) bond motifs is 1. The molecule has 1 aliphatic carbocycles. The Labute approximate surface area is 268 Å². The molecule has 3 heterocycles. The quantitative estimate of drug-likeness (QED) is 0.255. The zero-order valence-corrected chi connectivity index (χ0v) is 27.1. The van der Waals surface area contributed by atoms with Gasteiger partial charge in [0.1, 0.15) is 35.3 Å². The average molecular weight is 637 g/mol. The number of nitrogens with one attached hydrogen (secondary N) is 2. The van der Waals surface area contributed by atoms with Gasteiger partial charge in [-0.1, -0.05) is 13.3 Å². The second-order valence-corrected chi connectivity index (χ2v) is 12.9. The smallest absolute Gasteiger partial charge is 0.411 e. The SMILES string of the molecule is CCC[C@H](NC(=O)[C@@H]1C[C@@H](Oc2cc(-n3cccn3)nc3cc(OC)ccc23)CN1C(=O)OC(C)(C)C)[C@H](O)C(=O)CNC1CC1. The molecule has 1 saturated heterocycles. The number of benzene rings is 1. The zero-order valence-electron chi connectivity index (χ0n) is 27.1. The lowest BCUT2D eigenvalue weighted by Gasteiger charge is -2.30. The average Bonchev–Trinajstić information content (AvgIpc) is 3.48. The fourth-order valence-electron chi connectivity index (χ4n) is 5.50. The third kappa shape index (κ3) is 8.13. The number of rotatable bonds is 13. The zero-order chi connectivity index (χ0) is 33.0. The first kappa shape index (κ1) is 33.1. The summed E-state index contributed by atoms with van der Waals surface area (Å²) < 4.78 is 19.2. The molecule has 2 aliphatic rings. The minimum Gasteiger partial charge on any atom is -0.497 e. The number of carbonyl (C=O) groups excluding carboxylic acids is 3. The number of aliphatic hydroxyl groups is 1. The van der Waals surface area contributed by atoms with E-state index in [1.165, 1.54) is 4.90 Å². The van der Waals surface area contributed by atoms with Crippen molar-refractivity contribution >= 4 is 28.7 Å². The van der Waals surface area contributed by atoms with Crippen molar-refractivity contribution in [1.29, 1.82) is 0 Å². The van der Waals surface area contributed by atoms with E-state index in [0.717, 1.165) is 18.2 Å². The first-order valence-corrected chi connectivity index (χ1v) is 15.9. The summed E-state index contributed by atoms with van der Waals surface area (Å²) in [4.78, 5) is 46.1. The second kappa shape index (κ2) is 14.0. The van der Waals surface area contributed by atoms with E-state index in [0.29, 0.717) is 41.7 Å². The molecule has 3 aromatic rings. The van der Waals surface area contributed by atoms with E-state index < -0.39 is 41.9 Å². The van der Waals surface area contributed by atoms with Crippen LogP contribution >= 0.6 is 0 Å². The Morgan fingerprint density at radius 1 is 1.17 bits per heavy atom. The number of amides is 2. The van der Waals surface area contributed by atoms with Crippen LogP contribution in [0.5, 0.6) is 11.5 Å². The number of hydrogen-bond donors (Lipinski definition) is 3. The molecule has 2 aromatic heterocycles. The lowest BCUT2D eigenvalue weighted by atomic mass is 10.0. The van der Waals surface area contributed by atoms with Gasteiger partial charge in [-0.25, -0.2) is 14.5 Å². The molecule has 0 bridgehead atoms. The highest BCUT2D eigenvalue weighted by Gasteiger charge is 2.44. The van der Waals surface area contributed by atoms with Gasteiger partial charge in [-0.3, -0.25) is 14.5 Å². The van der Waals surface area contributed by atoms with E-state index in [9.17, 15) is 19.5 Å². The number of ether oxygens (including phenoxy) is 3. The van der Waals surface area contributed by atoms with Crippen LogP contribution in [0.25, 0.3) is 16.7 Å². The summed E-state index contributed by atoms with van der Waals surface area (Å²) in [6.45, 7) is 7.30. The van der Waals surface area contributed by atoms with Crippen molar-refractivity contribution in [1.82, 2.24) is 30.3 Å². The van der Waals surface area contributed by atoms with Crippen LogP contribution in [0.1, 0.15) is 59.8 Å². The molecule has 2 amide bonds. The van der Waals surface area contributed by atoms with Gasteiger partial charge >= 0.3 is 6.09 Å². The molecule has 46 heavy (non-hydrogen) atoms. The first-order chi connectivity index (χ1) is 22.0. The lowest BCUT2D eigenvalue weighted by molar-refractivity contribution is -0.131. The normalized spacial score (nSPS) is 19.5. The number of pyridine rings is 1. The Kier molecular flexibility index (Phi) is 10.1. The largest absolute Gasteiger partial charge is 0.497 e. The van der Waals surface area contributed by atoms with E-state index in [1.54, 1.807) is 63.2 Å². The van der Waals surface area contributed by atoms with Gasteiger partial charge < -0.3 is 30.0 Å². The van der Waals surface area contributed by atoms with Crippen molar-refractivity contribution < 1.29 is 33.7 Å².